The first-order chi connectivity index (χ1) is 8.49. The molecule has 1 aromatic carbocycles. The first-order valence-corrected chi connectivity index (χ1v) is 6.20. The average Bonchev–Trinajstić information content (AvgIpc) is 2.33. The monoisotopic (exact) mass is 271 g/mol. The van der Waals surface area contributed by atoms with E-state index in [1.807, 2.05) is 13.8 Å². The Morgan fingerprint density at radius 1 is 1.50 bits per heavy atom. The third-order valence-corrected chi connectivity index (χ3v) is 2.68. The van der Waals surface area contributed by atoms with Crippen LogP contribution in [0.15, 0.2) is 24.3 Å². The molecular formula is C13H18ClNO3. The number of ether oxygens (including phenoxy) is 1. The van der Waals surface area contributed by atoms with Gasteiger partial charge in [-0.1, -0.05) is 31.5 Å². The second kappa shape index (κ2) is 7.24. The van der Waals surface area contributed by atoms with E-state index in [4.69, 9.17) is 16.3 Å². The van der Waals surface area contributed by atoms with E-state index >= 15 is 0 Å². The summed E-state index contributed by atoms with van der Waals surface area (Å²) in [6.07, 6.45) is -0.542. The summed E-state index contributed by atoms with van der Waals surface area (Å²) in [5.74, 6) is 0.385. The van der Waals surface area contributed by atoms with Crippen LogP contribution < -0.4 is 10.1 Å². The van der Waals surface area contributed by atoms with Gasteiger partial charge in [0.25, 0.3) is 5.91 Å². The fourth-order valence-corrected chi connectivity index (χ4v) is 1.39. The van der Waals surface area contributed by atoms with Crippen LogP contribution in [0.1, 0.15) is 13.8 Å². The zero-order valence-electron chi connectivity index (χ0n) is 10.5. The second-order valence-corrected chi connectivity index (χ2v) is 4.80. The molecule has 1 unspecified atom stereocenters. The van der Waals surface area contributed by atoms with Crippen molar-refractivity contribution in [3.63, 3.8) is 0 Å². The van der Waals surface area contributed by atoms with E-state index in [-0.39, 0.29) is 25.0 Å². The summed E-state index contributed by atoms with van der Waals surface area (Å²) in [5, 5.41) is 12.7. The van der Waals surface area contributed by atoms with Gasteiger partial charge in [0.1, 0.15) is 5.75 Å². The molecule has 0 aliphatic carbocycles. The number of amides is 1. The molecule has 0 fully saturated rings. The lowest BCUT2D eigenvalue weighted by atomic mass is 10.1. The third-order valence-electron chi connectivity index (χ3n) is 2.44. The minimum atomic E-state index is -0.542. The summed E-state index contributed by atoms with van der Waals surface area (Å²) in [5.41, 5.74) is 0. The number of nitrogens with one attached hydrogen (secondary N) is 1. The smallest absolute Gasteiger partial charge is 0.258 e. The third kappa shape index (κ3) is 5.38. The molecule has 0 aliphatic rings. The zero-order valence-corrected chi connectivity index (χ0v) is 11.3. The number of halogens is 1. The van der Waals surface area contributed by atoms with E-state index in [1.165, 1.54) is 0 Å². The summed E-state index contributed by atoms with van der Waals surface area (Å²) in [7, 11) is 0. The number of carbonyl (C=O) groups excluding carboxylic acids is 1. The zero-order chi connectivity index (χ0) is 13.5. The Kier molecular flexibility index (Phi) is 5.95. The number of aliphatic hydroxyl groups is 1. The van der Waals surface area contributed by atoms with Crippen LogP contribution in [-0.2, 0) is 4.79 Å². The lowest BCUT2D eigenvalue weighted by molar-refractivity contribution is -0.123. The molecule has 1 atom stereocenters. The maximum Gasteiger partial charge on any atom is 0.258 e. The molecule has 5 heteroatoms. The van der Waals surface area contributed by atoms with E-state index < -0.39 is 6.10 Å². The molecule has 2 N–H and O–H groups in total. The molecule has 1 amide bonds. The highest BCUT2D eigenvalue weighted by Gasteiger charge is 2.10. The van der Waals surface area contributed by atoms with E-state index in [1.54, 1.807) is 24.3 Å². The van der Waals surface area contributed by atoms with Crippen LogP contribution in [0.3, 0.4) is 0 Å². The van der Waals surface area contributed by atoms with Crippen LogP contribution in [0.4, 0.5) is 0 Å². The average molecular weight is 272 g/mol. The minimum absolute atomic E-state index is 0.0921. The normalized spacial score (nSPS) is 12.3. The molecule has 0 saturated heterocycles. The van der Waals surface area contributed by atoms with Crippen molar-refractivity contribution in [1.29, 1.82) is 0 Å². The molecule has 1 rings (SSSR count). The van der Waals surface area contributed by atoms with Crippen molar-refractivity contribution >= 4 is 17.5 Å². The van der Waals surface area contributed by atoms with Crippen molar-refractivity contribution in [3.05, 3.63) is 29.3 Å². The predicted octanol–water partition coefficient (Wildman–Crippen LogP) is 1.85. The molecule has 0 heterocycles. The van der Waals surface area contributed by atoms with Gasteiger partial charge in [-0.05, 0) is 24.1 Å². The Hall–Kier alpha value is -1.26. The summed E-state index contributed by atoms with van der Waals surface area (Å²) in [4.78, 5) is 11.4. The fraction of sp³-hybridized carbons (Fsp3) is 0.462. The van der Waals surface area contributed by atoms with Gasteiger partial charge in [-0.2, -0.15) is 0 Å². The van der Waals surface area contributed by atoms with Gasteiger partial charge in [0.2, 0.25) is 0 Å². The second-order valence-electron chi connectivity index (χ2n) is 4.36. The van der Waals surface area contributed by atoms with Gasteiger partial charge in [-0.3, -0.25) is 4.79 Å². The molecule has 0 bridgehead atoms. The van der Waals surface area contributed by atoms with Crippen molar-refractivity contribution in [2.24, 2.45) is 5.92 Å². The lowest BCUT2D eigenvalue weighted by Gasteiger charge is -2.15. The van der Waals surface area contributed by atoms with E-state index in [9.17, 15) is 9.90 Å². The molecule has 0 saturated carbocycles. The Bertz CT molecular complexity index is 396. The summed E-state index contributed by atoms with van der Waals surface area (Å²) in [6.45, 7) is 3.92. The molecule has 18 heavy (non-hydrogen) atoms. The SMILES string of the molecule is CC(C)C(O)CNC(=O)COc1cccc(Cl)c1. The highest BCUT2D eigenvalue weighted by atomic mass is 35.5. The summed E-state index contributed by atoms with van der Waals surface area (Å²) >= 11 is 5.78. The van der Waals surface area contributed by atoms with Crippen molar-refractivity contribution in [3.8, 4) is 5.75 Å². The molecule has 0 spiro atoms. The van der Waals surface area contributed by atoms with Crippen LogP contribution >= 0.6 is 11.6 Å². The largest absolute Gasteiger partial charge is 0.484 e. The van der Waals surface area contributed by atoms with Gasteiger partial charge in [-0.25, -0.2) is 0 Å². The molecule has 0 radical (unpaired) electrons. The number of rotatable bonds is 6. The highest BCUT2D eigenvalue weighted by molar-refractivity contribution is 6.30. The van der Waals surface area contributed by atoms with Crippen molar-refractivity contribution in [1.82, 2.24) is 5.32 Å². The van der Waals surface area contributed by atoms with Gasteiger partial charge in [0, 0.05) is 11.6 Å². The van der Waals surface area contributed by atoms with Crippen LogP contribution in [0, 0.1) is 5.92 Å². The predicted molar refractivity (Wildman–Crippen MR) is 70.8 cm³/mol. The molecule has 4 nitrogen and oxygen atoms in total. The molecule has 0 aromatic heterocycles. The van der Waals surface area contributed by atoms with Crippen LogP contribution in [0.5, 0.6) is 5.75 Å². The first kappa shape index (κ1) is 14.8. The lowest BCUT2D eigenvalue weighted by Crippen LogP contribution is -2.37. The Balaban J connectivity index is 2.29. The number of benzene rings is 1. The maximum absolute atomic E-state index is 11.4. The number of hydrogen-bond acceptors (Lipinski definition) is 3. The van der Waals surface area contributed by atoms with Crippen LogP contribution in [-0.4, -0.2) is 30.3 Å². The van der Waals surface area contributed by atoms with Crippen molar-refractivity contribution < 1.29 is 14.6 Å². The molecule has 1 aromatic rings. The van der Waals surface area contributed by atoms with Gasteiger partial charge < -0.3 is 15.2 Å². The standard InChI is InChI=1S/C13H18ClNO3/c1-9(2)12(16)7-15-13(17)8-18-11-5-3-4-10(14)6-11/h3-6,9,12,16H,7-8H2,1-2H3,(H,15,17). The van der Waals surface area contributed by atoms with Gasteiger partial charge in [0.15, 0.2) is 6.61 Å². The topological polar surface area (TPSA) is 58.6 Å². The van der Waals surface area contributed by atoms with Gasteiger partial charge >= 0.3 is 0 Å². The van der Waals surface area contributed by atoms with E-state index in [0.29, 0.717) is 10.8 Å². The van der Waals surface area contributed by atoms with Crippen molar-refractivity contribution in [2.45, 2.75) is 20.0 Å². The first-order valence-electron chi connectivity index (χ1n) is 5.82. The Morgan fingerprint density at radius 3 is 2.83 bits per heavy atom. The molecule has 100 valence electrons. The Morgan fingerprint density at radius 2 is 2.22 bits per heavy atom. The van der Waals surface area contributed by atoms with Gasteiger partial charge in [-0.15, -0.1) is 0 Å². The molecule has 0 aliphatic heterocycles. The van der Waals surface area contributed by atoms with Crippen molar-refractivity contribution in [2.75, 3.05) is 13.2 Å². The van der Waals surface area contributed by atoms with E-state index in [0.717, 1.165) is 0 Å². The summed E-state index contributed by atoms with van der Waals surface area (Å²) < 4.78 is 5.26. The Labute approximate surface area is 112 Å². The quantitative estimate of drug-likeness (QED) is 0.830. The van der Waals surface area contributed by atoms with E-state index in [2.05, 4.69) is 5.32 Å². The minimum Gasteiger partial charge on any atom is -0.484 e. The maximum atomic E-state index is 11.4. The number of carbonyl (C=O) groups is 1. The van der Waals surface area contributed by atoms with Crippen LogP contribution in [0.25, 0.3) is 0 Å². The fourth-order valence-electron chi connectivity index (χ4n) is 1.21. The number of hydrogen-bond donors (Lipinski definition) is 2. The number of aliphatic hydroxyl groups excluding tert-OH is 1. The van der Waals surface area contributed by atoms with Crippen LogP contribution in [0.2, 0.25) is 5.02 Å². The summed E-state index contributed by atoms with van der Waals surface area (Å²) in [6, 6.07) is 6.84. The highest BCUT2D eigenvalue weighted by Crippen LogP contribution is 2.16. The molecular weight excluding hydrogens is 254 g/mol. The van der Waals surface area contributed by atoms with Gasteiger partial charge in [0.05, 0.1) is 6.10 Å².